The Kier molecular flexibility index (Phi) is 3.57. The SMILES string of the molecule is CC(=O)c1cc(C#N)c(C(F)(F)F)cc1I. The van der Waals surface area contributed by atoms with Crippen LogP contribution in [0.2, 0.25) is 0 Å². The summed E-state index contributed by atoms with van der Waals surface area (Å²) in [6.07, 6.45) is -4.58. The van der Waals surface area contributed by atoms with Crippen molar-refractivity contribution in [3.05, 3.63) is 32.4 Å². The van der Waals surface area contributed by atoms with Crippen LogP contribution in [0.4, 0.5) is 13.2 Å². The fraction of sp³-hybridized carbons (Fsp3) is 0.200. The molecule has 16 heavy (non-hydrogen) atoms. The molecule has 0 aromatic heterocycles. The van der Waals surface area contributed by atoms with Crippen LogP contribution < -0.4 is 0 Å². The van der Waals surface area contributed by atoms with Crippen molar-refractivity contribution in [3.8, 4) is 6.07 Å². The van der Waals surface area contributed by atoms with Gasteiger partial charge >= 0.3 is 6.18 Å². The predicted molar refractivity (Wildman–Crippen MR) is 58.9 cm³/mol. The highest BCUT2D eigenvalue weighted by Crippen LogP contribution is 2.34. The van der Waals surface area contributed by atoms with Gasteiger partial charge in [0.05, 0.1) is 17.2 Å². The lowest BCUT2D eigenvalue weighted by Crippen LogP contribution is -2.10. The zero-order valence-electron chi connectivity index (χ0n) is 8.02. The molecule has 0 atom stereocenters. The van der Waals surface area contributed by atoms with Gasteiger partial charge in [-0.3, -0.25) is 4.79 Å². The fourth-order valence-corrected chi connectivity index (χ4v) is 2.02. The van der Waals surface area contributed by atoms with Gasteiger partial charge in [0.25, 0.3) is 0 Å². The van der Waals surface area contributed by atoms with Crippen LogP contribution >= 0.6 is 22.6 Å². The van der Waals surface area contributed by atoms with Gasteiger partial charge in [-0.05, 0) is 41.6 Å². The standard InChI is InChI=1S/C10H5F3INO/c1-5(16)7-2-6(4-15)8(3-9(7)14)10(11,12)13/h2-3H,1H3. The van der Waals surface area contributed by atoms with Crippen molar-refractivity contribution < 1.29 is 18.0 Å². The Bertz CT molecular complexity index is 488. The Balaban J connectivity index is 3.52. The van der Waals surface area contributed by atoms with Gasteiger partial charge in [-0.25, -0.2) is 0 Å². The van der Waals surface area contributed by atoms with Crippen molar-refractivity contribution in [1.82, 2.24) is 0 Å². The van der Waals surface area contributed by atoms with Crippen molar-refractivity contribution in [1.29, 1.82) is 5.26 Å². The first-order valence-corrected chi connectivity index (χ1v) is 5.17. The van der Waals surface area contributed by atoms with Crippen molar-refractivity contribution in [2.24, 2.45) is 0 Å². The maximum absolute atomic E-state index is 12.5. The van der Waals surface area contributed by atoms with E-state index >= 15 is 0 Å². The number of nitrogens with zero attached hydrogens (tertiary/aromatic N) is 1. The van der Waals surface area contributed by atoms with Crippen LogP contribution in [0.5, 0.6) is 0 Å². The third-order valence-corrected chi connectivity index (χ3v) is 2.80. The quantitative estimate of drug-likeness (QED) is 0.581. The largest absolute Gasteiger partial charge is 0.417 e. The van der Waals surface area contributed by atoms with E-state index in [9.17, 15) is 18.0 Å². The summed E-state index contributed by atoms with van der Waals surface area (Å²) in [6, 6.07) is 3.24. The van der Waals surface area contributed by atoms with Gasteiger partial charge in [-0.1, -0.05) is 0 Å². The molecule has 0 amide bonds. The average Bonchev–Trinajstić information content (AvgIpc) is 2.15. The van der Waals surface area contributed by atoms with Crippen LogP contribution in [0.1, 0.15) is 28.4 Å². The number of rotatable bonds is 1. The molecule has 0 spiro atoms. The highest BCUT2D eigenvalue weighted by Gasteiger charge is 2.34. The molecule has 0 aliphatic rings. The van der Waals surface area contributed by atoms with Crippen molar-refractivity contribution in [2.75, 3.05) is 0 Å². The molecule has 0 radical (unpaired) electrons. The molecule has 0 fully saturated rings. The van der Waals surface area contributed by atoms with Crippen LogP contribution in [-0.2, 0) is 6.18 Å². The number of nitriles is 1. The molecule has 0 aliphatic carbocycles. The van der Waals surface area contributed by atoms with E-state index in [0.717, 1.165) is 12.1 Å². The van der Waals surface area contributed by atoms with Gasteiger partial charge in [0.1, 0.15) is 0 Å². The number of carbonyl (C=O) groups excluding carboxylic acids is 1. The summed E-state index contributed by atoms with van der Waals surface area (Å²) in [5.41, 5.74) is -1.41. The molecule has 0 heterocycles. The molecule has 1 rings (SSSR count). The van der Waals surface area contributed by atoms with Crippen molar-refractivity contribution in [2.45, 2.75) is 13.1 Å². The number of hydrogen-bond acceptors (Lipinski definition) is 2. The number of hydrogen-bond donors (Lipinski definition) is 0. The molecule has 84 valence electrons. The van der Waals surface area contributed by atoms with Gasteiger partial charge in [0, 0.05) is 9.13 Å². The summed E-state index contributed by atoms with van der Waals surface area (Å²) < 4.78 is 37.7. The second kappa shape index (κ2) is 4.41. The first-order valence-electron chi connectivity index (χ1n) is 4.09. The number of carbonyl (C=O) groups is 1. The Morgan fingerprint density at radius 3 is 2.38 bits per heavy atom. The lowest BCUT2D eigenvalue weighted by Gasteiger charge is -2.10. The van der Waals surface area contributed by atoms with Crippen LogP contribution in [-0.4, -0.2) is 5.78 Å². The highest BCUT2D eigenvalue weighted by atomic mass is 127. The summed E-state index contributed by atoms with van der Waals surface area (Å²) in [7, 11) is 0. The fourth-order valence-electron chi connectivity index (χ4n) is 1.17. The minimum Gasteiger partial charge on any atom is -0.294 e. The summed E-state index contributed by atoms with van der Waals surface area (Å²) >= 11 is 1.64. The van der Waals surface area contributed by atoms with E-state index in [2.05, 4.69) is 0 Å². The Labute approximate surface area is 103 Å². The van der Waals surface area contributed by atoms with E-state index in [4.69, 9.17) is 5.26 Å². The molecule has 2 nitrogen and oxygen atoms in total. The molecule has 0 saturated carbocycles. The third kappa shape index (κ3) is 2.52. The predicted octanol–water partition coefficient (Wildman–Crippen LogP) is 3.38. The smallest absolute Gasteiger partial charge is 0.294 e. The lowest BCUT2D eigenvalue weighted by atomic mass is 10.0. The first-order chi connectivity index (χ1) is 7.27. The molecule has 1 aromatic carbocycles. The molecular formula is C10H5F3INO. The topological polar surface area (TPSA) is 40.9 Å². The highest BCUT2D eigenvalue weighted by molar-refractivity contribution is 14.1. The van der Waals surface area contributed by atoms with E-state index in [1.807, 2.05) is 0 Å². The average molecular weight is 339 g/mol. The van der Waals surface area contributed by atoms with Gasteiger partial charge < -0.3 is 0 Å². The Hall–Kier alpha value is -1.10. The summed E-state index contributed by atoms with van der Waals surface area (Å²) in [5, 5.41) is 8.62. The number of alkyl halides is 3. The monoisotopic (exact) mass is 339 g/mol. The normalized spacial score (nSPS) is 11.0. The maximum atomic E-state index is 12.5. The summed E-state index contributed by atoms with van der Waals surface area (Å²) in [4.78, 5) is 11.1. The minimum atomic E-state index is -4.58. The lowest BCUT2D eigenvalue weighted by molar-refractivity contribution is -0.137. The summed E-state index contributed by atoms with van der Waals surface area (Å²) in [6.45, 7) is 1.24. The zero-order chi connectivity index (χ0) is 12.5. The van der Waals surface area contributed by atoms with Crippen molar-refractivity contribution in [3.63, 3.8) is 0 Å². The minimum absolute atomic E-state index is 0.130. The molecule has 0 N–H and O–H groups in total. The van der Waals surface area contributed by atoms with E-state index in [1.54, 1.807) is 22.6 Å². The van der Waals surface area contributed by atoms with E-state index in [0.29, 0.717) is 0 Å². The third-order valence-electron chi connectivity index (χ3n) is 1.91. The van der Waals surface area contributed by atoms with Gasteiger partial charge in [0.15, 0.2) is 5.78 Å². The molecule has 1 aromatic rings. The van der Waals surface area contributed by atoms with E-state index in [-0.39, 0.29) is 14.9 Å². The van der Waals surface area contributed by atoms with Crippen LogP contribution in [0, 0.1) is 14.9 Å². The van der Waals surface area contributed by atoms with Gasteiger partial charge in [-0.15, -0.1) is 0 Å². The second-order valence-corrected chi connectivity index (χ2v) is 4.21. The van der Waals surface area contributed by atoms with E-state index in [1.165, 1.54) is 13.0 Å². The molecule has 0 bridgehead atoms. The Morgan fingerprint density at radius 2 is 2.00 bits per heavy atom. The molecule has 6 heteroatoms. The molecule has 0 unspecified atom stereocenters. The summed E-state index contributed by atoms with van der Waals surface area (Å²) in [5.74, 6) is -0.366. The van der Waals surface area contributed by atoms with Crippen LogP contribution in [0.25, 0.3) is 0 Å². The van der Waals surface area contributed by atoms with Gasteiger partial charge in [-0.2, -0.15) is 18.4 Å². The van der Waals surface area contributed by atoms with Crippen LogP contribution in [0.15, 0.2) is 12.1 Å². The van der Waals surface area contributed by atoms with Crippen molar-refractivity contribution >= 4 is 28.4 Å². The zero-order valence-corrected chi connectivity index (χ0v) is 10.2. The van der Waals surface area contributed by atoms with Gasteiger partial charge in [0.2, 0.25) is 0 Å². The number of halogens is 4. The first kappa shape index (κ1) is 13.0. The van der Waals surface area contributed by atoms with Crippen LogP contribution in [0.3, 0.4) is 0 Å². The second-order valence-electron chi connectivity index (χ2n) is 3.04. The van der Waals surface area contributed by atoms with E-state index < -0.39 is 17.3 Å². The number of Topliss-reactive ketones (excluding diaryl/α,β-unsaturated/α-hetero) is 1. The Morgan fingerprint density at radius 1 is 1.44 bits per heavy atom. The molecule has 0 aliphatic heterocycles. The molecule has 0 saturated heterocycles. The molecular weight excluding hydrogens is 334 g/mol. The maximum Gasteiger partial charge on any atom is 0.417 e. The number of ketones is 1. The number of benzene rings is 1.